The number of aryl methyl sites for hydroxylation is 1. The second kappa shape index (κ2) is 8.10. The molecule has 0 saturated carbocycles. The Bertz CT molecular complexity index is 1120. The molecule has 1 aliphatic heterocycles. The van der Waals surface area contributed by atoms with Gasteiger partial charge in [0.2, 0.25) is 5.82 Å². The van der Waals surface area contributed by atoms with E-state index in [1.54, 1.807) is 4.79 Å². The minimum Gasteiger partial charge on any atom is -0.372 e. The lowest BCUT2D eigenvalue weighted by Gasteiger charge is -2.21. The van der Waals surface area contributed by atoms with Crippen molar-refractivity contribution in [2.45, 2.75) is 41.5 Å². The van der Waals surface area contributed by atoms with Crippen LogP contribution in [-0.4, -0.2) is 39.4 Å². The molecule has 160 valence electrons. The Balaban J connectivity index is 1.74. The molecule has 0 saturated heterocycles. The van der Waals surface area contributed by atoms with Crippen molar-refractivity contribution in [3.05, 3.63) is 59.9 Å². The van der Waals surface area contributed by atoms with Crippen LogP contribution >= 0.6 is 0 Å². The molecule has 0 atom stereocenters. The number of aromatic nitrogens is 3. The smallest absolute Gasteiger partial charge is 0.204 e. The van der Waals surface area contributed by atoms with E-state index in [0.717, 1.165) is 35.8 Å². The highest BCUT2D eigenvalue weighted by molar-refractivity contribution is 6.50. The predicted molar refractivity (Wildman–Crippen MR) is 129 cm³/mol. The SMILES string of the molecule is CCN(CC)c1ccc(N=C2C(C(C)(C)C)=Nn3nc(-c4ccc(C)cc4)nc32)cc1. The minimum atomic E-state index is -0.174. The van der Waals surface area contributed by atoms with Crippen LogP contribution in [0.3, 0.4) is 0 Å². The normalized spacial score (nSPS) is 14.6. The first-order valence-corrected chi connectivity index (χ1v) is 10.9. The Morgan fingerprint density at radius 3 is 2.16 bits per heavy atom. The number of anilines is 1. The average molecular weight is 415 g/mol. The van der Waals surface area contributed by atoms with E-state index in [4.69, 9.17) is 15.1 Å². The molecule has 31 heavy (non-hydrogen) atoms. The quantitative estimate of drug-likeness (QED) is 0.555. The zero-order valence-corrected chi connectivity index (χ0v) is 19.2. The molecule has 0 bridgehead atoms. The minimum absolute atomic E-state index is 0.174. The summed E-state index contributed by atoms with van der Waals surface area (Å²) in [5, 5.41) is 9.39. The fourth-order valence-corrected chi connectivity index (χ4v) is 3.66. The Kier molecular flexibility index (Phi) is 5.48. The summed E-state index contributed by atoms with van der Waals surface area (Å²) in [6.45, 7) is 14.8. The number of rotatable bonds is 5. The van der Waals surface area contributed by atoms with Gasteiger partial charge in [0.15, 0.2) is 5.82 Å². The van der Waals surface area contributed by atoms with Crippen molar-refractivity contribution in [3.63, 3.8) is 0 Å². The number of aliphatic imine (C=N–C) groups is 1. The Morgan fingerprint density at radius 1 is 0.935 bits per heavy atom. The predicted octanol–water partition coefficient (Wildman–Crippen LogP) is 5.48. The van der Waals surface area contributed by atoms with Crippen LogP contribution in [0.15, 0.2) is 58.6 Å². The molecule has 1 aliphatic rings. The van der Waals surface area contributed by atoms with Crippen molar-refractivity contribution in [2.75, 3.05) is 18.0 Å². The molecule has 6 heteroatoms. The number of nitrogens with zero attached hydrogens (tertiary/aromatic N) is 6. The molecule has 2 heterocycles. The van der Waals surface area contributed by atoms with Gasteiger partial charge in [-0.2, -0.15) is 5.10 Å². The van der Waals surface area contributed by atoms with E-state index in [-0.39, 0.29) is 5.41 Å². The van der Waals surface area contributed by atoms with Gasteiger partial charge in [-0.3, -0.25) is 0 Å². The molecule has 3 aromatic rings. The van der Waals surface area contributed by atoms with Gasteiger partial charge >= 0.3 is 0 Å². The van der Waals surface area contributed by atoms with E-state index in [0.29, 0.717) is 11.6 Å². The number of fused-ring (bicyclic) bond motifs is 1. The molecule has 0 unspecified atom stereocenters. The van der Waals surface area contributed by atoms with Crippen molar-refractivity contribution in [1.29, 1.82) is 0 Å². The fraction of sp³-hybridized carbons (Fsp3) is 0.360. The second-order valence-electron chi connectivity index (χ2n) is 8.86. The van der Waals surface area contributed by atoms with Gasteiger partial charge in [-0.15, -0.1) is 9.89 Å². The maximum Gasteiger partial charge on any atom is 0.204 e. The average Bonchev–Trinajstić information content (AvgIpc) is 3.30. The van der Waals surface area contributed by atoms with Gasteiger partial charge in [0, 0.05) is 29.8 Å². The molecule has 0 radical (unpaired) electrons. The highest BCUT2D eigenvalue weighted by Gasteiger charge is 2.34. The summed E-state index contributed by atoms with van der Waals surface area (Å²) in [5.41, 5.74) is 5.78. The second-order valence-corrected chi connectivity index (χ2v) is 8.86. The van der Waals surface area contributed by atoms with Crippen LogP contribution in [0.1, 0.15) is 46.0 Å². The van der Waals surface area contributed by atoms with E-state index in [1.807, 2.05) is 12.1 Å². The highest BCUT2D eigenvalue weighted by atomic mass is 15.6. The molecule has 0 aliphatic carbocycles. The van der Waals surface area contributed by atoms with Gasteiger partial charge in [-0.1, -0.05) is 50.6 Å². The maximum atomic E-state index is 4.96. The summed E-state index contributed by atoms with van der Waals surface area (Å²) < 4.78 is 0. The number of hydrogen-bond donors (Lipinski definition) is 0. The third-order valence-electron chi connectivity index (χ3n) is 5.46. The molecule has 4 rings (SSSR count). The van der Waals surface area contributed by atoms with Crippen LogP contribution < -0.4 is 4.90 Å². The number of hydrogen-bond acceptors (Lipinski definition) is 5. The van der Waals surface area contributed by atoms with Crippen LogP contribution in [0.4, 0.5) is 11.4 Å². The largest absolute Gasteiger partial charge is 0.372 e. The van der Waals surface area contributed by atoms with Gasteiger partial charge in [-0.05, 0) is 45.0 Å². The van der Waals surface area contributed by atoms with Gasteiger partial charge < -0.3 is 4.90 Å². The Morgan fingerprint density at radius 2 is 1.58 bits per heavy atom. The topological polar surface area (TPSA) is 58.7 Å². The lowest BCUT2D eigenvalue weighted by molar-refractivity contribution is 0.589. The molecular weight excluding hydrogens is 384 g/mol. The fourth-order valence-electron chi connectivity index (χ4n) is 3.66. The molecule has 0 N–H and O–H groups in total. The van der Waals surface area contributed by atoms with Crippen molar-refractivity contribution in [2.24, 2.45) is 15.5 Å². The van der Waals surface area contributed by atoms with E-state index in [2.05, 4.69) is 87.9 Å². The van der Waals surface area contributed by atoms with E-state index in [1.165, 1.54) is 11.3 Å². The molecular formula is C25H30N6. The van der Waals surface area contributed by atoms with Crippen LogP contribution in [0.2, 0.25) is 0 Å². The summed E-state index contributed by atoms with van der Waals surface area (Å²) in [7, 11) is 0. The molecule has 0 amide bonds. The van der Waals surface area contributed by atoms with Crippen LogP contribution in [-0.2, 0) is 0 Å². The summed E-state index contributed by atoms with van der Waals surface area (Å²) in [5.74, 6) is 1.35. The van der Waals surface area contributed by atoms with Crippen LogP contribution in [0.25, 0.3) is 11.4 Å². The lowest BCUT2D eigenvalue weighted by Crippen LogP contribution is -2.27. The maximum absolute atomic E-state index is 4.96. The number of benzene rings is 2. The first kappa shape index (κ1) is 21.0. The molecule has 1 aromatic heterocycles. The molecule has 6 nitrogen and oxygen atoms in total. The monoisotopic (exact) mass is 414 g/mol. The van der Waals surface area contributed by atoms with Crippen molar-refractivity contribution in [1.82, 2.24) is 14.9 Å². The molecule has 0 fully saturated rings. The zero-order valence-electron chi connectivity index (χ0n) is 19.2. The Hall–Kier alpha value is -3.28. The third kappa shape index (κ3) is 4.15. The summed E-state index contributed by atoms with van der Waals surface area (Å²) in [6, 6.07) is 16.6. The third-order valence-corrected chi connectivity index (χ3v) is 5.46. The lowest BCUT2D eigenvalue weighted by atomic mass is 9.87. The van der Waals surface area contributed by atoms with Crippen LogP contribution in [0, 0.1) is 12.3 Å². The highest BCUT2D eigenvalue weighted by Crippen LogP contribution is 2.29. The van der Waals surface area contributed by atoms with Gasteiger partial charge in [0.1, 0.15) is 5.71 Å². The first-order chi connectivity index (χ1) is 14.8. The summed E-state index contributed by atoms with van der Waals surface area (Å²) in [4.78, 5) is 13.7. The molecule has 2 aromatic carbocycles. The Labute approximate surface area is 184 Å². The van der Waals surface area contributed by atoms with E-state index >= 15 is 0 Å². The first-order valence-electron chi connectivity index (χ1n) is 10.9. The summed E-state index contributed by atoms with van der Waals surface area (Å²) in [6.07, 6.45) is 0. The van der Waals surface area contributed by atoms with E-state index in [9.17, 15) is 0 Å². The standard InChI is InChI=1S/C25H30N6/c1-7-30(8-2)20-15-13-19(14-16-20)26-21-22(25(4,5)6)28-31-24(21)27-23(29-31)18-11-9-17(3)10-12-18/h9-16H,7-8H2,1-6H3. The van der Waals surface area contributed by atoms with Gasteiger partial charge in [-0.25, -0.2) is 9.98 Å². The van der Waals surface area contributed by atoms with Crippen molar-refractivity contribution >= 4 is 22.8 Å². The van der Waals surface area contributed by atoms with Gasteiger partial charge in [0.05, 0.1) is 11.4 Å². The molecule has 0 spiro atoms. The van der Waals surface area contributed by atoms with Crippen LogP contribution in [0.5, 0.6) is 0 Å². The van der Waals surface area contributed by atoms with Crippen molar-refractivity contribution in [3.8, 4) is 11.4 Å². The van der Waals surface area contributed by atoms with Gasteiger partial charge in [0.25, 0.3) is 0 Å². The van der Waals surface area contributed by atoms with E-state index < -0.39 is 0 Å². The van der Waals surface area contributed by atoms with Crippen molar-refractivity contribution < 1.29 is 0 Å². The summed E-state index contributed by atoms with van der Waals surface area (Å²) >= 11 is 0. The zero-order chi connectivity index (χ0) is 22.2.